The predicted molar refractivity (Wildman–Crippen MR) is 59.7 cm³/mol. The van der Waals surface area contributed by atoms with Crippen molar-refractivity contribution in [2.75, 3.05) is 12.4 Å². The summed E-state index contributed by atoms with van der Waals surface area (Å²) in [7, 11) is 1.88. The standard InChI is InChI=1S/C11H16ClN/c1-11(2,3)8-5-6-9(12)10(7-8)13-4/h5-7,13H,1-4H3. The second-order valence-corrected chi connectivity index (χ2v) is 4.60. The molecule has 0 saturated carbocycles. The van der Waals surface area contributed by atoms with Crippen LogP contribution in [0.5, 0.6) is 0 Å². The summed E-state index contributed by atoms with van der Waals surface area (Å²) in [5, 5.41) is 3.85. The largest absolute Gasteiger partial charge is 0.387 e. The Morgan fingerprint density at radius 2 is 1.85 bits per heavy atom. The van der Waals surface area contributed by atoms with Crippen molar-refractivity contribution >= 4 is 17.3 Å². The minimum absolute atomic E-state index is 0.177. The van der Waals surface area contributed by atoms with E-state index >= 15 is 0 Å². The molecule has 0 amide bonds. The first-order valence-electron chi connectivity index (χ1n) is 4.43. The van der Waals surface area contributed by atoms with Gasteiger partial charge in [0.25, 0.3) is 0 Å². The highest BCUT2D eigenvalue weighted by atomic mass is 35.5. The Morgan fingerprint density at radius 1 is 1.23 bits per heavy atom. The van der Waals surface area contributed by atoms with Crippen molar-refractivity contribution in [3.8, 4) is 0 Å². The van der Waals surface area contributed by atoms with Crippen molar-refractivity contribution < 1.29 is 0 Å². The molecule has 0 radical (unpaired) electrons. The lowest BCUT2D eigenvalue weighted by molar-refractivity contribution is 0.590. The first-order chi connectivity index (χ1) is 5.95. The van der Waals surface area contributed by atoms with Gasteiger partial charge in [-0.3, -0.25) is 0 Å². The van der Waals surface area contributed by atoms with E-state index in [0.29, 0.717) is 0 Å². The van der Waals surface area contributed by atoms with Crippen LogP contribution in [-0.2, 0) is 5.41 Å². The van der Waals surface area contributed by atoms with Crippen LogP contribution in [0.1, 0.15) is 26.3 Å². The van der Waals surface area contributed by atoms with Gasteiger partial charge in [0.1, 0.15) is 0 Å². The highest BCUT2D eigenvalue weighted by Crippen LogP contribution is 2.29. The topological polar surface area (TPSA) is 12.0 Å². The van der Waals surface area contributed by atoms with E-state index in [9.17, 15) is 0 Å². The minimum atomic E-state index is 0.177. The van der Waals surface area contributed by atoms with E-state index in [2.05, 4.69) is 38.2 Å². The molecular weight excluding hydrogens is 182 g/mol. The zero-order valence-corrected chi connectivity index (χ0v) is 9.37. The molecule has 0 aromatic heterocycles. The maximum absolute atomic E-state index is 5.98. The molecule has 0 bridgehead atoms. The molecule has 1 rings (SSSR count). The molecule has 1 N–H and O–H groups in total. The summed E-state index contributed by atoms with van der Waals surface area (Å²) in [6.45, 7) is 6.57. The van der Waals surface area contributed by atoms with E-state index in [0.717, 1.165) is 10.7 Å². The van der Waals surface area contributed by atoms with Crippen LogP contribution in [0.3, 0.4) is 0 Å². The molecule has 0 spiro atoms. The van der Waals surface area contributed by atoms with Gasteiger partial charge >= 0.3 is 0 Å². The van der Waals surface area contributed by atoms with Crippen molar-refractivity contribution in [1.29, 1.82) is 0 Å². The fourth-order valence-electron chi connectivity index (χ4n) is 1.18. The molecule has 0 fully saturated rings. The van der Waals surface area contributed by atoms with Gasteiger partial charge < -0.3 is 5.32 Å². The molecule has 0 aliphatic rings. The average Bonchev–Trinajstić information content (AvgIpc) is 2.03. The van der Waals surface area contributed by atoms with E-state index in [-0.39, 0.29) is 5.41 Å². The van der Waals surface area contributed by atoms with Crippen LogP contribution in [0.15, 0.2) is 18.2 Å². The van der Waals surface area contributed by atoms with Crippen LogP contribution in [-0.4, -0.2) is 7.05 Å². The van der Waals surface area contributed by atoms with Gasteiger partial charge in [-0.1, -0.05) is 38.4 Å². The molecule has 1 nitrogen and oxygen atoms in total. The Hall–Kier alpha value is -0.690. The molecule has 0 heterocycles. The van der Waals surface area contributed by atoms with Gasteiger partial charge in [0.2, 0.25) is 0 Å². The summed E-state index contributed by atoms with van der Waals surface area (Å²) in [6, 6.07) is 6.11. The lowest BCUT2D eigenvalue weighted by Crippen LogP contribution is -2.11. The summed E-state index contributed by atoms with van der Waals surface area (Å²) >= 11 is 5.98. The molecule has 1 aromatic rings. The fourth-order valence-corrected chi connectivity index (χ4v) is 1.40. The minimum Gasteiger partial charge on any atom is -0.387 e. The lowest BCUT2D eigenvalue weighted by Gasteiger charge is -2.20. The first-order valence-corrected chi connectivity index (χ1v) is 4.80. The number of rotatable bonds is 1. The summed E-state index contributed by atoms with van der Waals surface area (Å²) in [6.07, 6.45) is 0. The van der Waals surface area contributed by atoms with Crippen molar-refractivity contribution in [2.45, 2.75) is 26.2 Å². The maximum atomic E-state index is 5.98. The molecule has 0 atom stereocenters. The molecule has 0 unspecified atom stereocenters. The third-order valence-electron chi connectivity index (χ3n) is 2.10. The van der Waals surface area contributed by atoms with Crippen LogP contribution in [0, 0.1) is 0 Å². The van der Waals surface area contributed by atoms with Crippen LogP contribution < -0.4 is 5.32 Å². The van der Waals surface area contributed by atoms with Gasteiger partial charge in [-0.2, -0.15) is 0 Å². The second-order valence-electron chi connectivity index (χ2n) is 4.19. The van der Waals surface area contributed by atoms with E-state index in [4.69, 9.17) is 11.6 Å². The smallest absolute Gasteiger partial charge is 0.0637 e. The summed E-state index contributed by atoms with van der Waals surface area (Å²) in [5.74, 6) is 0. The Morgan fingerprint density at radius 3 is 2.31 bits per heavy atom. The molecule has 1 aromatic carbocycles. The molecular formula is C11H16ClN. The highest BCUT2D eigenvalue weighted by molar-refractivity contribution is 6.33. The average molecular weight is 198 g/mol. The van der Waals surface area contributed by atoms with Crippen molar-refractivity contribution in [1.82, 2.24) is 0 Å². The molecule has 0 aliphatic heterocycles. The van der Waals surface area contributed by atoms with Gasteiger partial charge in [0, 0.05) is 7.05 Å². The number of benzene rings is 1. The predicted octanol–water partition coefficient (Wildman–Crippen LogP) is 3.68. The van der Waals surface area contributed by atoms with Gasteiger partial charge in [-0.15, -0.1) is 0 Å². The van der Waals surface area contributed by atoms with E-state index < -0.39 is 0 Å². The van der Waals surface area contributed by atoms with Crippen LogP contribution in [0.25, 0.3) is 0 Å². The Labute approximate surface area is 85.1 Å². The van der Waals surface area contributed by atoms with E-state index in [1.54, 1.807) is 0 Å². The van der Waals surface area contributed by atoms with Crippen molar-refractivity contribution in [3.05, 3.63) is 28.8 Å². The second kappa shape index (κ2) is 3.59. The summed E-state index contributed by atoms with van der Waals surface area (Å²) in [5.41, 5.74) is 2.46. The van der Waals surface area contributed by atoms with Gasteiger partial charge in [-0.05, 0) is 23.1 Å². The number of hydrogen-bond acceptors (Lipinski definition) is 1. The number of halogens is 1. The van der Waals surface area contributed by atoms with Gasteiger partial charge in [0.15, 0.2) is 0 Å². The fraction of sp³-hybridized carbons (Fsp3) is 0.455. The monoisotopic (exact) mass is 197 g/mol. The number of anilines is 1. The zero-order valence-electron chi connectivity index (χ0n) is 8.61. The lowest BCUT2D eigenvalue weighted by atomic mass is 9.87. The normalized spacial score (nSPS) is 11.5. The molecule has 72 valence electrons. The number of hydrogen-bond donors (Lipinski definition) is 1. The third kappa shape index (κ3) is 2.38. The SMILES string of the molecule is CNc1cc(C(C)(C)C)ccc1Cl. The van der Waals surface area contributed by atoms with Crippen molar-refractivity contribution in [3.63, 3.8) is 0 Å². The Balaban J connectivity index is 3.14. The molecule has 2 heteroatoms. The molecule has 13 heavy (non-hydrogen) atoms. The molecule has 0 aliphatic carbocycles. The Kier molecular flexibility index (Phi) is 2.87. The van der Waals surface area contributed by atoms with Crippen LogP contribution >= 0.6 is 11.6 Å². The van der Waals surface area contributed by atoms with E-state index in [1.165, 1.54) is 5.56 Å². The zero-order chi connectivity index (χ0) is 10.1. The van der Waals surface area contributed by atoms with Gasteiger partial charge in [-0.25, -0.2) is 0 Å². The third-order valence-corrected chi connectivity index (χ3v) is 2.43. The summed E-state index contributed by atoms with van der Waals surface area (Å²) in [4.78, 5) is 0. The highest BCUT2D eigenvalue weighted by Gasteiger charge is 2.14. The first kappa shape index (κ1) is 10.4. The quantitative estimate of drug-likeness (QED) is 0.725. The van der Waals surface area contributed by atoms with E-state index in [1.807, 2.05) is 13.1 Å². The van der Waals surface area contributed by atoms with Crippen LogP contribution in [0.4, 0.5) is 5.69 Å². The Bertz CT molecular complexity index is 299. The van der Waals surface area contributed by atoms with Crippen LogP contribution in [0.2, 0.25) is 5.02 Å². The van der Waals surface area contributed by atoms with Crippen molar-refractivity contribution in [2.24, 2.45) is 0 Å². The van der Waals surface area contributed by atoms with Gasteiger partial charge in [0.05, 0.1) is 10.7 Å². The molecule has 0 saturated heterocycles. The maximum Gasteiger partial charge on any atom is 0.0637 e. The number of nitrogens with one attached hydrogen (secondary N) is 1. The summed E-state index contributed by atoms with van der Waals surface area (Å²) < 4.78 is 0.